The zero-order valence-electron chi connectivity index (χ0n) is 9.20. The largest absolute Gasteiger partial charge is 0.380 e. The molecule has 0 saturated carbocycles. The van der Waals surface area contributed by atoms with E-state index in [1.165, 1.54) is 20.4 Å². The second kappa shape index (κ2) is 5.34. The van der Waals surface area contributed by atoms with Gasteiger partial charge in [-0.05, 0) is 52.8 Å². The standard InChI is InChI=1S/C14H14IN/c1-11-6-2-3-7-12(11)10-16-14-9-5-4-8-13(14)15/h2-9,16H,10H2,1H3. The highest BCUT2D eigenvalue weighted by Crippen LogP contribution is 2.18. The maximum absolute atomic E-state index is 3.46. The molecule has 0 radical (unpaired) electrons. The van der Waals surface area contributed by atoms with Crippen LogP contribution < -0.4 is 5.32 Å². The van der Waals surface area contributed by atoms with Crippen molar-refractivity contribution in [2.24, 2.45) is 0 Å². The quantitative estimate of drug-likeness (QED) is 0.834. The van der Waals surface area contributed by atoms with Gasteiger partial charge in [-0.1, -0.05) is 36.4 Å². The molecule has 0 spiro atoms. The number of aryl methyl sites for hydroxylation is 1. The van der Waals surface area contributed by atoms with Crippen LogP contribution in [0.15, 0.2) is 48.5 Å². The number of rotatable bonds is 3. The molecule has 0 aliphatic carbocycles. The molecule has 0 heterocycles. The highest BCUT2D eigenvalue weighted by atomic mass is 127. The number of nitrogens with one attached hydrogen (secondary N) is 1. The third-order valence-corrected chi connectivity index (χ3v) is 3.55. The van der Waals surface area contributed by atoms with Gasteiger partial charge in [0.15, 0.2) is 0 Å². The van der Waals surface area contributed by atoms with E-state index in [-0.39, 0.29) is 0 Å². The maximum atomic E-state index is 3.46. The minimum absolute atomic E-state index is 0.882. The van der Waals surface area contributed by atoms with Crippen molar-refractivity contribution in [1.82, 2.24) is 0 Å². The van der Waals surface area contributed by atoms with Crippen LogP contribution in [-0.2, 0) is 6.54 Å². The maximum Gasteiger partial charge on any atom is 0.0478 e. The molecule has 0 aliphatic heterocycles. The molecule has 1 N–H and O–H groups in total. The Balaban J connectivity index is 2.09. The van der Waals surface area contributed by atoms with Crippen molar-refractivity contribution in [2.75, 3.05) is 5.32 Å². The molecule has 2 aromatic rings. The lowest BCUT2D eigenvalue weighted by Crippen LogP contribution is -2.02. The predicted octanol–water partition coefficient (Wildman–Crippen LogP) is 4.21. The molecule has 0 fully saturated rings. The van der Waals surface area contributed by atoms with E-state index < -0.39 is 0 Å². The zero-order chi connectivity index (χ0) is 11.4. The molecule has 1 nitrogen and oxygen atoms in total. The van der Waals surface area contributed by atoms with E-state index in [1.54, 1.807) is 0 Å². The Morgan fingerprint density at radius 2 is 1.69 bits per heavy atom. The average molecular weight is 323 g/mol. The fraction of sp³-hybridized carbons (Fsp3) is 0.143. The van der Waals surface area contributed by atoms with Crippen LogP contribution in [0.2, 0.25) is 0 Å². The molecular formula is C14H14IN. The highest BCUT2D eigenvalue weighted by Gasteiger charge is 1.99. The molecule has 2 rings (SSSR count). The fourth-order valence-corrected chi connectivity index (χ4v) is 2.18. The first-order valence-corrected chi connectivity index (χ1v) is 6.38. The number of benzene rings is 2. The Labute approximate surface area is 110 Å². The fourth-order valence-electron chi connectivity index (χ4n) is 1.60. The van der Waals surface area contributed by atoms with Gasteiger partial charge in [0, 0.05) is 15.8 Å². The van der Waals surface area contributed by atoms with Crippen molar-refractivity contribution >= 4 is 28.3 Å². The molecule has 0 aromatic heterocycles. The molecule has 16 heavy (non-hydrogen) atoms. The Morgan fingerprint density at radius 1 is 1.00 bits per heavy atom. The van der Waals surface area contributed by atoms with Crippen LogP contribution in [-0.4, -0.2) is 0 Å². The monoisotopic (exact) mass is 323 g/mol. The minimum atomic E-state index is 0.882. The van der Waals surface area contributed by atoms with E-state index in [0.717, 1.165) is 6.54 Å². The summed E-state index contributed by atoms with van der Waals surface area (Å²) in [6.45, 7) is 3.03. The van der Waals surface area contributed by atoms with Crippen molar-refractivity contribution in [3.8, 4) is 0 Å². The summed E-state index contributed by atoms with van der Waals surface area (Å²) in [5, 5.41) is 3.46. The van der Waals surface area contributed by atoms with Crippen LogP contribution in [0.4, 0.5) is 5.69 Å². The molecule has 0 amide bonds. The number of halogens is 1. The third kappa shape index (κ3) is 2.76. The van der Waals surface area contributed by atoms with Gasteiger partial charge in [-0.2, -0.15) is 0 Å². The van der Waals surface area contributed by atoms with Crippen LogP contribution in [0.1, 0.15) is 11.1 Å². The summed E-state index contributed by atoms with van der Waals surface area (Å²) in [7, 11) is 0. The normalized spacial score (nSPS) is 10.1. The molecule has 2 heteroatoms. The lowest BCUT2D eigenvalue weighted by atomic mass is 10.1. The molecule has 0 saturated heterocycles. The lowest BCUT2D eigenvalue weighted by Gasteiger charge is -2.10. The molecule has 0 unspecified atom stereocenters. The van der Waals surface area contributed by atoms with Crippen LogP contribution in [0.3, 0.4) is 0 Å². The predicted molar refractivity (Wildman–Crippen MR) is 77.7 cm³/mol. The van der Waals surface area contributed by atoms with Crippen molar-refractivity contribution in [2.45, 2.75) is 13.5 Å². The summed E-state index contributed by atoms with van der Waals surface area (Å²) in [6.07, 6.45) is 0. The van der Waals surface area contributed by atoms with E-state index in [9.17, 15) is 0 Å². The second-order valence-electron chi connectivity index (χ2n) is 3.76. The van der Waals surface area contributed by atoms with E-state index in [1.807, 2.05) is 0 Å². The summed E-state index contributed by atoms with van der Waals surface area (Å²) in [5.74, 6) is 0. The Kier molecular flexibility index (Phi) is 3.83. The number of hydrogen-bond acceptors (Lipinski definition) is 1. The smallest absolute Gasteiger partial charge is 0.0478 e. The van der Waals surface area contributed by atoms with Gasteiger partial charge in [0.2, 0.25) is 0 Å². The summed E-state index contributed by atoms with van der Waals surface area (Å²) in [5.41, 5.74) is 3.88. The van der Waals surface area contributed by atoms with Gasteiger partial charge in [0.25, 0.3) is 0 Å². The van der Waals surface area contributed by atoms with Gasteiger partial charge in [-0.25, -0.2) is 0 Å². The van der Waals surface area contributed by atoms with E-state index >= 15 is 0 Å². The topological polar surface area (TPSA) is 12.0 Å². The van der Waals surface area contributed by atoms with Gasteiger partial charge in [-0.15, -0.1) is 0 Å². The van der Waals surface area contributed by atoms with Crippen LogP contribution in [0.5, 0.6) is 0 Å². The van der Waals surface area contributed by atoms with E-state index in [2.05, 4.69) is 83.4 Å². The van der Waals surface area contributed by atoms with Gasteiger partial charge in [0.1, 0.15) is 0 Å². The van der Waals surface area contributed by atoms with Gasteiger partial charge >= 0.3 is 0 Å². The average Bonchev–Trinajstić information content (AvgIpc) is 2.30. The number of hydrogen-bond donors (Lipinski definition) is 1. The van der Waals surface area contributed by atoms with Gasteiger partial charge in [-0.3, -0.25) is 0 Å². The first kappa shape index (κ1) is 11.5. The SMILES string of the molecule is Cc1ccccc1CNc1ccccc1I. The Bertz CT molecular complexity index is 434. The molecule has 0 bridgehead atoms. The minimum Gasteiger partial charge on any atom is -0.380 e. The summed E-state index contributed by atoms with van der Waals surface area (Å²) in [4.78, 5) is 0. The first-order valence-electron chi connectivity index (χ1n) is 5.30. The molecule has 2 aromatic carbocycles. The molecular weight excluding hydrogens is 309 g/mol. The van der Waals surface area contributed by atoms with Crippen LogP contribution >= 0.6 is 22.6 Å². The molecule has 0 atom stereocenters. The summed E-state index contributed by atoms with van der Waals surface area (Å²) >= 11 is 2.35. The zero-order valence-corrected chi connectivity index (χ0v) is 11.4. The van der Waals surface area contributed by atoms with Crippen LogP contribution in [0, 0.1) is 10.5 Å². The molecule has 82 valence electrons. The Hall–Kier alpha value is -1.03. The van der Waals surface area contributed by atoms with Gasteiger partial charge in [0.05, 0.1) is 0 Å². The van der Waals surface area contributed by atoms with Crippen molar-refractivity contribution in [3.63, 3.8) is 0 Å². The van der Waals surface area contributed by atoms with Gasteiger partial charge < -0.3 is 5.32 Å². The second-order valence-corrected chi connectivity index (χ2v) is 4.92. The highest BCUT2D eigenvalue weighted by molar-refractivity contribution is 14.1. The van der Waals surface area contributed by atoms with Crippen LogP contribution in [0.25, 0.3) is 0 Å². The van der Waals surface area contributed by atoms with Crippen molar-refractivity contribution < 1.29 is 0 Å². The lowest BCUT2D eigenvalue weighted by molar-refractivity contribution is 1.12. The number of para-hydroxylation sites is 1. The van der Waals surface area contributed by atoms with Crippen molar-refractivity contribution in [1.29, 1.82) is 0 Å². The molecule has 0 aliphatic rings. The number of anilines is 1. The Morgan fingerprint density at radius 3 is 2.44 bits per heavy atom. The first-order chi connectivity index (χ1) is 7.77. The van der Waals surface area contributed by atoms with E-state index in [0.29, 0.717) is 0 Å². The summed E-state index contributed by atoms with van der Waals surface area (Å²) < 4.78 is 1.26. The van der Waals surface area contributed by atoms with Crippen molar-refractivity contribution in [3.05, 3.63) is 63.2 Å². The third-order valence-electron chi connectivity index (χ3n) is 2.60. The van der Waals surface area contributed by atoms with E-state index in [4.69, 9.17) is 0 Å². The summed E-state index contributed by atoms with van der Waals surface area (Å²) in [6, 6.07) is 16.8.